The number of aromatic nitrogens is 3. The van der Waals surface area contributed by atoms with Crippen LogP contribution in [-0.4, -0.2) is 20.7 Å². The van der Waals surface area contributed by atoms with Gasteiger partial charge in [0.15, 0.2) is 11.6 Å². The molecule has 28 heavy (non-hydrogen) atoms. The maximum absolute atomic E-state index is 12.7. The molecule has 136 valence electrons. The van der Waals surface area contributed by atoms with E-state index in [-0.39, 0.29) is 17.3 Å². The van der Waals surface area contributed by atoms with E-state index in [2.05, 4.69) is 37.4 Å². The average Bonchev–Trinajstić information content (AvgIpc) is 3.11. The van der Waals surface area contributed by atoms with Gasteiger partial charge in [0.05, 0.1) is 11.7 Å². The summed E-state index contributed by atoms with van der Waals surface area (Å²) in [7, 11) is 0. The van der Waals surface area contributed by atoms with E-state index in [0.29, 0.717) is 11.4 Å². The molecule has 0 aliphatic carbocycles. The van der Waals surface area contributed by atoms with Crippen LogP contribution in [0.3, 0.4) is 0 Å². The molecule has 0 saturated carbocycles. The molecule has 0 spiro atoms. The zero-order valence-electron chi connectivity index (χ0n) is 14.8. The van der Waals surface area contributed by atoms with Gasteiger partial charge in [0.25, 0.3) is 5.91 Å². The molecule has 0 unspecified atom stereocenters. The zero-order valence-corrected chi connectivity index (χ0v) is 16.4. The van der Waals surface area contributed by atoms with Gasteiger partial charge in [-0.25, -0.2) is 4.98 Å². The minimum Gasteiger partial charge on any atom is -0.305 e. The number of fused-ring (bicyclic) bond motifs is 1. The lowest BCUT2D eigenvalue weighted by Gasteiger charge is -2.11. The number of hydrogen-bond donors (Lipinski definition) is 1. The molecule has 4 aromatic rings. The Hall–Kier alpha value is -3.50. The molecule has 4 rings (SSSR count). The summed E-state index contributed by atoms with van der Waals surface area (Å²) >= 11 is 3.35. The number of benzene rings is 2. The molecule has 0 saturated heterocycles. The number of nitriles is 1. The molecular formula is C21H14BrN5O. The van der Waals surface area contributed by atoms with Crippen LogP contribution in [0.4, 0.5) is 5.82 Å². The highest BCUT2D eigenvalue weighted by Crippen LogP contribution is 2.24. The molecule has 0 radical (unpaired) electrons. The van der Waals surface area contributed by atoms with Crippen molar-refractivity contribution >= 4 is 38.6 Å². The maximum atomic E-state index is 12.7. The highest BCUT2D eigenvalue weighted by atomic mass is 79.9. The monoisotopic (exact) mass is 431 g/mol. The van der Waals surface area contributed by atoms with Crippen molar-refractivity contribution in [2.24, 2.45) is 0 Å². The first-order chi connectivity index (χ1) is 13.6. The van der Waals surface area contributed by atoms with E-state index >= 15 is 0 Å². The van der Waals surface area contributed by atoms with Crippen molar-refractivity contribution in [2.75, 3.05) is 5.32 Å². The fourth-order valence-electron chi connectivity index (χ4n) is 2.95. The molecule has 6 nitrogen and oxygen atoms in total. The summed E-state index contributed by atoms with van der Waals surface area (Å²) in [5.74, 6) is 0.490. The fourth-order valence-corrected chi connectivity index (χ4v) is 3.21. The Morgan fingerprint density at radius 2 is 1.93 bits per heavy atom. The van der Waals surface area contributed by atoms with Crippen LogP contribution in [0.2, 0.25) is 0 Å². The number of aryl methyl sites for hydroxylation is 1. The molecule has 1 N–H and O–H groups in total. The number of para-hydroxylation sites is 1. The Labute approximate surface area is 169 Å². The van der Waals surface area contributed by atoms with E-state index in [1.165, 1.54) is 10.9 Å². The van der Waals surface area contributed by atoms with E-state index in [0.717, 1.165) is 20.9 Å². The largest absolute Gasteiger partial charge is 0.305 e. The SMILES string of the molecule is Cc1cc(-n2ncc(C#N)c2NC(=O)c2ccc(Br)cc2)nc2ccccc12. The Morgan fingerprint density at radius 3 is 2.68 bits per heavy atom. The highest BCUT2D eigenvalue weighted by molar-refractivity contribution is 9.10. The summed E-state index contributed by atoms with van der Waals surface area (Å²) in [6.07, 6.45) is 1.42. The number of pyridine rings is 1. The number of anilines is 1. The zero-order chi connectivity index (χ0) is 19.7. The van der Waals surface area contributed by atoms with Gasteiger partial charge in [-0.05, 0) is 48.9 Å². The molecule has 2 aromatic carbocycles. The summed E-state index contributed by atoms with van der Waals surface area (Å²) < 4.78 is 2.36. The number of carbonyl (C=O) groups excluding carboxylic acids is 1. The number of hydrogen-bond acceptors (Lipinski definition) is 4. The molecule has 0 aliphatic heterocycles. The summed E-state index contributed by atoms with van der Waals surface area (Å²) in [6.45, 7) is 1.99. The van der Waals surface area contributed by atoms with Gasteiger partial charge in [0.1, 0.15) is 11.6 Å². The molecule has 1 amide bonds. The van der Waals surface area contributed by atoms with Gasteiger partial charge in [-0.1, -0.05) is 34.1 Å². The Kier molecular flexibility index (Phi) is 4.63. The predicted molar refractivity (Wildman–Crippen MR) is 110 cm³/mol. The molecule has 7 heteroatoms. The van der Waals surface area contributed by atoms with Crippen LogP contribution < -0.4 is 5.32 Å². The number of nitrogens with zero attached hydrogens (tertiary/aromatic N) is 4. The lowest BCUT2D eigenvalue weighted by Crippen LogP contribution is -2.16. The van der Waals surface area contributed by atoms with Crippen LogP contribution in [0.25, 0.3) is 16.7 Å². The minimum absolute atomic E-state index is 0.262. The van der Waals surface area contributed by atoms with Gasteiger partial charge in [-0.2, -0.15) is 15.0 Å². The Morgan fingerprint density at radius 1 is 1.18 bits per heavy atom. The Balaban J connectivity index is 1.78. The third-order valence-corrected chi connectivity index (χ3v) is 4.88. The first-order valence-electron chi connectivity index (χ1n) is 8.48. The van der Waals surface area contributed by atoms with Crippen molar-refractivity contribution in [3.63, 3.8) is 0 Å². The summed E-state index contributed by atoms with van der Waals surface area (Å²) in [5.41, 5.74) is 2.58. The number of halogens is 1. The summed E-state index contributed by atoms with van der Waals surface area (Å²) in [5, 5.41) is 17.6. The van der Waals surface area contributed by atoms with Crippen LogP contribution >= 0.6 is 15.9 Å². The molecule has 0 bridgehead atoms. The van der Waals surface area contributed by atoms with Crippen LogP contribution in [0.15, 0.2) is 65.3 Å². The van der Waals surface area contributed by atoms with E-state index in [9.17, 15) is 10.1 Å². The molecule has 0 fully saturated rings. The number of amides is 1. The van der Waals surface area contributed by atoms with Crippen molar-refractivity contribution in [1.29, 1.82) is 5.26 Å². The molecule has 0 atom stereocenters. The second-order valence-electron chi connectivity index (χ2n) is 6.21. The molecule has 0 aliphatic rings. The third kappa shape index (κ3) is 3.26. The molecular weight excluding hydrogens is 418 g/mol. The van der Waals surface area contributed by atoms with Crippen molar-refractivity contribution in [2.45, 2.75) is 6.92 Å². The van der Waals surface area contributed by atoms with Crippen molar-refractivity contribution in [3.8, 4) is 11.9 Å². The van der Waals surface area contributed by atoms with Crippen LogP contribution in [0, 0.1) is 18.3 Å². The second kappa shape index (κ2) is 7.25. The van der Waals surface area contributed by atoms with Gasteiger partial charge in [-0.3, -0.25) is 4.79 Å². The van der Waals surface area contributed by atoms with E-state index in [1.807, 2.05) is 37.3 Å². The van der Waals surface area contributed by atoms with Crippen LogP contribution in [0.1, 0.15) is 21.5 Å². The van der Waals surface area contributed by atoms with E-state index < -0.39 is 0 Å². The quantitative estimate of drug-likeness (QED) is 0.512. The smallest absolute Gasteiger partial charge is 0.256 e. The number of nitrogens with one attached hydrogen (secondary N) is 1. The topological polar surface area (TPSA) is 83.6 Å². The van der Waals surface area contributed by atoms with Gasteiger partial charge < -0.3 is 5.32 Å². The summed E-state index contributed by atoms with van der Waals surface area (Å²) in [6, 6.07) is 18.7. The van der Waals surface area contributed by atoms with Crippen molar-refractivity contribution in [3.05, 3.63) is 82.0 Å². The summed E-state index contributed by atoms with van der Waals surface area (Å²) in [4.78, 5) is 17.3. The van der Waals surface area contributed by atoms with Gasteiger partial charge in [0, 0.05) is 15.4 Å². The van der Waals surface area contributed by atoms with E-state index in [1.54, 1.807) is 24.3 Å². The highest BCUT2D eigenvalue weighted by Gasteiger charge is 2.17. The first kappa shape index (κ1) is 17.9. The predicted octanol–water partition coefficient (Wildman–Crippen LogP) is 4.62. The number of rotatable bonds is 3. The van der Waals surface area contributed by atoms with Gasteiger partial charge >= 0.3 is 0 Å². The normalized spacial score (nSPS) is 10.6. The van der Waals surface area contributed by atoms with Gasteiger partial charge in [0.2, 0.25) is 0 Å². The van der Waals surface area contributed by atoms with Gasteiger partial charge in [-0.15, -0.1) is 0 Å². The second-order valence-corrected chi connectivity index (χ2v) is 7.12. The minimum atomic E-state index is -0.330. The average molecular weight is 432 g/mol. The lowest BCUT2D eigenvalue weighted by atomic mass is 10.1. The van der Waals surface area contributed by atoms with Crippen molar-refractivity contribution < 1.29 is 4.79 Å². The lowest BCUT2D eigenvalue weighted by molar-refractivity contribution is 0.102. The van der Waals surface area contributed by atoms with Crippen LogP contribution in [-0.2, 0) is 0 Å². The maximum Gasteiger partial charge on any atom is 0.256 e. The third-order valence-electron chi connectivity index (χ3n) is 4.35. The first-order valence-corrected chi connectivity index (χ1v) is 9.28. The van der Waals surface area contributed by atoms with Crippen LogP contribution in [0.5, 0.6) is 0 Å². The molecule has 2 heterocycles. The standard InChI is InChI=1S/C21H14BrN5O/c1-13-10-19(25-18-5-3-2-4-17(13)18)27-20(15(11-23)12-24-27)26-21(28)14-6-8-16(22)9-7-14/h2-10,12H,1H3,(H,26,28). The van der Waals surface area contributed by atoms with E-state index in [4.69, 9.17) is 0 Å². The Bertz CT molecular complexity index is 1240. The fraction of sp³-hybridized carbons (Fsp3) is 0.0476. The van der Waals surface area contributed by atoms with Crippen molar-refractivity contribution in [1.82, 2.24) is 14.8 Å². The molecule has 2 aromatic heterocycles. The number of carbonyl (C=O) groups is 1.